The van der Waals surface area contributed by atoms with Gasteiger partial charge >= 0.3 is 6.16 Å². The van der Waals surface area contributed by atoms with E-state index in [4.69, 9.17) is 15.6 Å². The fourth-order valence-corrected chi connectivity index (χ4v) is 4.31. The molecule has 144 valence electrons. The zero-order chi connectivity index (χ0) is 19.6. The summed E-state index contributed by atoms with van der Waals surface area (Å²) in [4.78, 5) is 45.0. The number of hydrogen-bond donors (Lipinski definition) is 3. The van der Waals surface area contributed by atoms with E-state index in [1.165, 1.54) is 22.0 Å². The first-order valence-corrected chi connectivity index (χ1v) is 9.46. The monoisotopic (exact) mass is 413 g/mol. The van der Waals surface area contributed by atoms with Gasteiger partial charge < -0.3 is 25.8 Å². The van der Waals surface area contributed by atoms with Gasteiger partial charge in [-0.2, -0.15) is 0 Å². The number of amides is 2. The van der Waals surface area contributed by atoms with Gasteiger partial charge in [0.15, 0.2) is 10.8 Å². The maximum Gasteiger partial charge on any atom is 0.532 e. The highest BCUT2D eigenvalue weighted by molar-refractivity contribution is 8.00. The molecule has 1 aromatic rings. The number of carboxylic acid groups (broad SMARTS) is 1. The molecule has 3 heterocycles. The molecule has 2 aliphatic rings. The molecule has 11 nitrogen and oxygen atoms in total. The van der Waals surface area contributed by atoms with Crippen LogP contribution in [-0.4, -0.2) is 69.6 Å². The Kier molecular flexibility index (Phi) is 5.62. The molecule has 0 bridgehead atoms. The van der Waals surface area contributed by atoms with Crippen LogP contribution in [0, 0.1) is 0 Å². The van der Waals surface area contributed by atoms with E-state index < -0.39 is 18.1 Å². The van der Waals surface area contributed by atoms with Crippen LogP contribution in [0.2, 0.25) is 0 Å². The molecule has 0 spiro atoms. The molecular weight excluding hydrogens is 398 g/mol. The van der Waals surface area contributed by atoms with Crippen LogP contribution in [0.5, 0.6) is 0 Å². The number of nitrogens with one attached hydrogen (secondary N) is 1. The first-order valence-electron chi connectivity index (χ1n) is 7.53. The van der Waals surface area contributed by atoms with E-state index in [1.807, 2.05) is 0 Å². The van der Waals surface area contributed by atoms with Gasteiger partial charge in [0.05, 0.1) is 6.61 Å². The highest BCUT2D eigenvalue weighted by atomic mass is 32.2. The molecule has 1 aromatic heterocycles. The minimum absolute atomic E-state index is 0.0541. The molecule has 0 aromatic carbocycles. The average Bonchev–Trinajstić information content (AvgIpc) is 3.06. The normalized spacial score (nSPS) is 21.8. The van der Waals surface area contributed by atoms with Crippen molar-refractivity contribution in [1.82, 2.24) is 15.2 Å². The Balaban J connectivity index is 1.72. The number of thioether (sulfide) groups is 1. The predicted octanol–water partition coefficient (Wildman–Crippen LogP) is 0.0542. The minimum atomic E-state index is -1.69. The minimum Gasteiger partial charge on any atom is -0.448 e. The van der Waals surface area contributed by atoms with E-state index in [9.17, 15) is 14.4 Å². The lowest BCUT2D eigenvalue weighted by Crippen LogP contribution is -2.69. The van der Waals surface area contributed by atoms with Crippen LogP contribution < -0.4 is 11.1 Å². The summed E-state index contributed by atoms with van der Waals surface area (Å²) in [6.07, 6.45) is 0.0346. The topological polar surface area (TPSA) is 156 Å². The maximum absolute atomic E-state index is 12.5. The Morgan fingerprint density at radius 1 is 1.56 bits per heavy atom. The number of ether oxygens (including phenoxy) is 1. The lowest BCUT2D eigenvalue weighted by atomic mass is 10.1. The second-order valence-corrected chi connectivity index (χ2v) is 7.48. The molecular formula is C14H15N5O6S2. The Labute approximate surface area is 161 Å². The van der Waals surface area contributed by atoms with Gasteiger partial charge in [-0.25, -0.2) is 9.78 Å². The third-order valence-corrected chi connectivity index (χ3v) is 5.70. The molecule has 1 saturated heterocycles. The number of nitrogens with two attached hydrogens (primary N) is 1. The molecule has 1 unspecified atom stereocenters. The van der Waals surface area contributed by atoms with Crippen molar-refractivity contribution >= 4 is 51.9 Å². The van der Waals surface area contributed by atoms with Gasteiger partial charge in [0.2, 0.25) is 0 Å². The lowest BCUT2D eigenvalue weighted by Gasteiger charge is -2.47. The number of β-lactam (4-membered cyclic amide) rings is 1. The van der Waals surface area contributed by atoms with Crippen molar-refractivity contribution in [3.05, 3.63) is 22.8 Å². The summed E-state index contributed by atoms with van der Waals surface area (Å²) >= 11 is 2.54. The summed E-state index contributed by atoms with van der Waals surface area (Å²) in [6.45, 7) is 0.426. The van der Waals surface area contributed by atoms with Crippen LogP contribution in [0.25, 0.3) is 0 Å². The van der Waals surface area contributed by atoms with Gasteiger partial charge in [-0.3, -0.25) is 14.4 Å². The van der Waals surface area contributed by atoms with E-state index in [-0.39, 0.29) is 27.8 Å². The van der Waals surface area contributed by atoms with Gasteiger partial charge in [-0.05, 0) is 5.57 Å². The Morgan fingerprint density at radius 2 is 2.33 bits per heavy atom. The van der Waals surface area contributed by atoms with Crippen LogP contribution >= 0.6 is 23.1 Å². The molecule has 1 fully saturated rings. The summed E-state index contributed by atoms with van der Waals surface area (Å²) in [5, 5.41) is 15.8. The predicted molar refractivity (Wildman–Crippen MR) is 97.2 cm³/mol. The highest BCUT2D eigenvalue weighted by Gasteiger charge is 2.49. The molecule has 0 radical (unpaired) electrons. The van der Waals surface area contributed by atoms with Gasteiger partial charge in [0, 0.05) is 24.4 Å². The summed E-state index contributed by atoms with van der Waals surface area (Å²) < 4.78 is 5.06. The number of oxime groups is 1. The molecule has 4 N–H and O–H groups in total. The molecule has 3 rings (SSSR count). The highest BCUT2D eigenvalue weighted by Crippen LogP contribution is 2.36. The number of nitrogen functional groups attached to an aromatic ring is 1. The maximum atomic E-state index is 12.5. The quantitative estimate of drug-likeness (QED) is 0.254. The Hall–Kier alpha value is -2.64. The molecule has 13 heteroatoms. The van der Waals surface area contributed by atoms with Gasteiger partial charge in [0.1, 0.15) is 17.1 Å². The smallest absolute Gasteiger partial charge is 0.448 e. The number of nitrogens with zero attached hydrogens (tertiary/aromatic N) is 3. The number of rotatable bonds is 6. The average molecular weight is 413 g/mol. The number of carbonyl (C=O) groups is 3. The first-order chi connectivity index (χ1) is 12.9. The second kappa shape index (κ2) is 7.94. The van der Waals surface area contributed by atoms with E-state index in [0.717, 1.165) is 16.9 Å². The van der Waals surface area contributed by atoms with Crippen LogP contribution in [0.3, 0.4) is 0 Å². The zero-order valence-electron chi connectivity index (χ0n) is 13.9. The van der Waals surface area contributed by atoms with E-state index >= 15 is 0 Å². The van der Waals surface area contributed by atoms with Crippen LogP contribution in [-0.2, 0) is 19.2 Å². The fraction of sp³-hybridized carbons (Fsp3) is 0.357. The van der Waals surface area contributed by atoms with Crippen LogP contribution in [0.15, 0.2) is 22.3 Å². The van der Waals surface area contributed by atoms with Crippen molar-refractivity contribution < 1.29 is 29.1 Å². The summed E-state index contributed by atoms with van der Waals surface area (Å²) in [6, 6.07) is -0.770. The number of methoxy groups -OCH3 is 1. The van der Waals surface area contributed by atoms with E-state index in [1.54, 1.807) is 13.3 Å². The lowest BCUT2D eigenvalue weighted by molar-refractivity contribution is -0.143. The fourth-order valence-electron chi connectivity index (χ4n) is 2.52. The summed E-state index contributed by atoms with van der Waals surface area (Å²) in [7, 11) is 1.57. The first kappa shape index (κ1) is 19.1. The van der Waals surface area contributed by atoms with Crippen LogP contribution in [0.1, 0.15) is 5.69 Å². The van der Waals surface area contributed by atoms with E-state index in [2.05, 4.69) is 20.3 Å². The van der Waals surface area contributed by atoms with Crippen molar-refractivity contribution in [2.24, 2.45) is 5.16 Å². The molecule has 2 atom stereocenters. The molecule has 27 heavy (non-hydrogen) atoms. The third-order valence-electron chi connectivity index (χ3n) is 3.65. The molecule has 0 aliphatic carbocycles. The van der Waals surface area contributed by atoms with Crippen molar-refractivity contribution in [2.45, 2.75) is 11.4 Å². The number of aromatic nitrogens is 1. The van der Waals surface area contributed by atoms with Gasteiger partial charge in [-0.1, -0.05) is 5.16 Å². The molecule has 2 amide bonds. The Bertz CT molecular complexity index is 838. The Morgan fingerprint density at radius 3 is 2.96 bits per heavy atom. The van der Waals surface area contributed by atoms with Crippen molar-refractivity contribution in [1.29, 1.82) is 0 Å². The van der Waals surface area contributed by atoms with Crippen LogP contribution in [0.4, 0.5) is 9.93 Å². The van der Waals surface area contributed by atoms with Crippen molar-refractivity contribution in [3.8, 4) is 0 Å². The zero-order valence-corrected chi connectivity index (χ0v) is 15.6. The van der Waals surface area contributed by atoms with Crippen molar-refractivity contribution in [2.75, 3.05) is 25.2 Å². The standard InChI is InChI=1S/C14H15N5O6S2/c1-24-3-6-2-19-11(21)9(12(19)26-4-6)17-10(20)8(18-25-14(22)23)7-5-27-13(15)16-7/h2,5,9,12H,3-4H2,1H3,(H2,15,16)(H,17,20)(H,22,23)/b18-8-/t9?,12-/m0/s1. The third kappa shape index (κ3) is 4.04. The number of carbonyl (C=O) groups excluding carboxylic acids is 2. The second-order valence-electron chi connectivity index (χ2n) is 5.49. The largest absolute Gasteiger partial charge is 0.532 e. The van der Waals surface area contributed by atoms with Crippen molar-refractivity contribution in [3.63, 3.8) is 0 Å². The summed E-state index contributed by atoms with van der Waals surface area (Å²) in [5.41, 5.74) is 6.18. The number of fused-ring (bicyclic) bond motifs is 1. The van der Waals surface area contributed by atoms with Gasteiger partial charge in [-0.15, -0.1) is 23.1 Å². The molecule has 2 aliphatic heterocycles. The SMILES string of the molecule is COCC1=CN2C(=O)C(NC(=O)/C(=N\OC(=O)O)c3csc(N)n3)[C@@H]2SC1. The number of anilines is 1. The number of thiazole rings is 1. The van der Waals surface area contributed by atoms with Gasteiger partial charge in [0.25, 0.3) is 11.8 Å². The molecule has 0 saturated carbocycles. The van der Waals surface area contributed by atoms with E-state index in [0.29, 0.717) is 12.4 Å². The summed E-state index contributed by atoms with van der Waals surface area (Å²) in [5.74, 6) is -0.405. The number of hydrogen-bond acceptors (Lipinski definition) is 10.